The predicted octanol–water partition coefficient (Wildman–Crippen LogP) is 5.89. The van der Waals surface area contributed by atoms with E-state index in [9.17, 15) is 22.4 Å². The standard InChI is InChI=1S/C24H18ClF4N5O2/c1-14-33-34-22(36-14)31-21(35)32-23(12-15-5-3-2-4-6-15,20-8-7-18(25)13-30-20)16-9-17(24(27,28)29)11-19(26)10-16/h2-11,13H,12H2,1H3,(H2,31,32,34,35)/t23-/m1/s1. The molecule has 2 amide bonds. The van der Waals surface area contributed by atoms with Gasteiger partial charge in [-0.15, -0.1) is 5.10 Å². The van der Waals surface area contributed by atoms with Crippen molar-refractivity contribution in [3.63, 3.8) is 0 Å². The van der Waals surface area contributed by atoms with Gasteiger partial charge in [-0.25, -0.2) is 9.18 Å². The third-order valence-electron chi connectivity index (χ3n) is 5.27. The van der Waals surface area contributed by atoms with Crippen molar-refractivity contribution in [1.29, 1.82) is 0 Å². The van der Waals surface area contributed by atoms with Crippen molar-refractivity contribution in [1.82, 2.24) is 20.5 Å². The summed E-state index contributed by atoms with van der Waals surface area (Å²) >= 11 is 6.00. The summed E-state index contributed by atoms with van der Waals surface area (Å²) in [5.74, 6) is -0.957. The molecule has 0 fully saturated rings. The van der Waals surface area contributed by atoms with E-state index in [4.69, 9.17) is 16.0 Å². The molecule has 36 heavy (non-hydrogen) atoms. The number of pyridine rings is 1. The van der Waals surface area contributed by atoms with Gasteiger partial charge in [0.25, 0.3) is 0 Å². The van der Waals surface area contributed by atoms with E-state index in [0.29, 0.717) is 11.6 Å². The average molecular weight is 520 g/mol. The highest BCUT2D eigenvalue weighted by molar-refractivity contribution is 6.30. The summed E-state index contributed by atoms with van der Waals surface area (Å²) in [6.07, 6.45) is -3.65. The largest absolute Gasteiger partial charge is 0.416 e. The normalized spacial score (nSPS) is 13.2. The van der Waals surface area contributed by atoms with Crippen molar-refractivity contribution in [2.24, 2.45) is 0 Å². The van der Waals surface area contributed by atoms with Gasteiger partial charge in [-0.1, -0.05) is 47.0 Å². The van der Waals surface area contributed by atoms with Crippen LogP contribution in [0.15, 0.2) is 71.3 Å². The number of nitrogens with one attached hydrogen (secondary N) is 2. The van der Waals surface area contributed by atoms with Gasteiger partial charge in [0.2, 0.25) is 5.89 Å². The molecular weight excluding hydrogens is 502 g/mol. The van der Waals surface area contributed by atoms with Crippen LogP contribution in [0.5, 0.6) is 0 Å². The van der Waals surface area contributed by atoms with Gasteiger partial charge in [-0.05, 0) is 41.5 Å². The minimum Gasteiger partial charge on any atom is -0.408 e. The second-order valence-corrected chi connectivity index (χ2v) is 8.30. The van der Waals surface area contributed by atoms with Crippen molar-refractivity contribution < 1.29 is 26.8 Å². The van der Waals surface area contributed by atoms with Crippen LogP contribution in [0, 0.1) is 12.7 Å². The van der Waals surface area contributed by atoms with E-state index in [1.165, 1.54) is 25.3 Å². The highest BCUT2D eigenvalue weighted by Crippen LogP contribution is 2.38. The molecule has 1 atom stereocenters. The number of urea groups is 1. The number of rotatable bonds is 6. The highest BCUT2D eigenvalue weighted by Gasteiger charge is 2.41. The van der Waals surface area contributed by atoms with Crippen molar-refractivity contribution in [3.8, 4) is 0 Å². The second-order valence-electron chi connectivity index (χ2n) is 7.86. The Morgan fingerprint density at radius 1 is 1.03 bits per heavy atom. The number of benzene rings is 2. The first-order valence-corrected chi connectivity index (χ1v) is 10.9. The van der Waals surface area contributed by atoms with Gasteiger partial charge < -0.3 is 9.73 Å². The maximum absolute atomic E-state index is 14.6. The van der Waals surface area contributed by atoms with Crippen LogP contribution < -0.4 is 10.6 Å². The Morgan fingerprint density at radius 2 is 1.75 bits per heavy atom. The third kappa shape index (κ3) is 5.62. The van der Waals surface area contributed by atoms with Crippen molar-refractivity contribution >= 4 is 23.6 Å². The fraction of sp³-hybridized carbons (Fsp3) is 0.167. The zero-order valence-electron chi connectivity index (χ0n) is 18.6. The Labute approximate surface area is 207 Å². The lowest BCUT2D eigenvalue weighted by atomic mass is 9.80. The fourth-order valence-electron chi connectivity index (χ4n) is 3.72. The van der Waals surface area contributed by atoms with Crippen LogP contribution in [-0.2, 0) is 18.1 Å². The minimum atomic E-state index is -4.84. The van der Waals surface area contributed by atoms with Crippen LogP contribution >= 0.6 is 11.6 Å². The van der Waals surface area contributed by atoms with E-state index >= 15 is 0 Å². The van der Waals surface area contributed by atoms with Crippen LogP contribution in [0.25, 0.3) is 0 Å². The zero-order chi connectivity index (χ0) is 25.9. The van der Waals surface area contributed by atoms with Crippen molar-refractivity contribution in [3.05, 3.63) is 106 Å². The zero-order valence-corrected chi connectivity index (χ0v) is 19.4. The van der Waals surface area contributed by atoms with E-state index in [1.54, 1.807) is 30.3 Å². The molecule has 4 aromatic rings. The molecule has 7 nitrogen and oxygen atoms in total. The second kappa shape index (κ2) is 9.94. The van der Waals surface area contributed by atoms with Crippen LogP contribution in [0.2, 0.25) is 5.02 Å². The lowest BCUT2D eigenvalue weighted by Crippen LogP contribution is -2.51. The maximum Gasteiger partial charge on any atom is 0.416 e. The number of carbonyl (C=O) groups is 1. The molecule has 0 bridgehead atoms. The first-order chi connectivity index (χ1) is 17.0. The molecule has 2 aromatic carbocycles. The van der Waals surface area contributed by atoms with Crippen LogP contribution in [-0.4, -0.2) is 21.2 Å². The monoisotopic (exact) mass is 519 g/mol. The van der Waals surface area contributed by atoms with Crippen molar-refractivity contribution in [2.45, 2.75) is 25.1 Å². The first kappa shape index (κ1) is 25.1. The number of aromatic nitrogens is 3. The molecule has 0 aliphatic carbocycles. The number of hydrogen-bond acceptors (Lipinski definition) is 5. The molecule has 0 aliphatic heterocycles. The lowest BCUT2D eigenvalue weighted by Gasteiger charge is -2.35. The Morgan fingerprint density at radius 3 is 2.36 bits per heavy atom. The highest BCUT2D eigenvalue weighted by atomic mass is 35.5. The minimum absolute atomic E-state index is 0.0838. The molecule has 0 unspecified atom stereocenters. The molecule has 4 rings (SSSR count). The number of amides is 2. The number of anilines is 1. The van der Waals surface area contributed by atoms with Gasteiger partial charge in [0, 0.05) is 19.5 Å². The Hall–Kier alpha value is -3.99. The molecule has 186 valence electrons. The third-order valence-corrected chi connectivity index (χ3v) is 5.49. The van der Waals surface area contributed by atoms with E-state index in [1.807, 2.05) is 0 Å². The van der Waals surface area contributed by atoms with Gasteiger partial charge in [0.15, 0.2) is 0 Å². The van der Waals surface area contributed by atoms with Crippen LogP contribution in [0.4, 0.5) is 28.4 Å². The Kier molecular flexibility index (Phi) is 6.93. The Bertz CT molecular complexity index is 1360. The topological polar surface area (TPSA) is 92.9 Å². The summed E-state index contributed by atoms with van der Waals surface area (Å²) in [5, 5.41) is 12.6. The van der Waals surface area contributed by atoms with E-state index in [0.717, 1.165) is 12.1 Å². The molecule has 2 N–H and O–H groups in total. The summed E-state index contributed by atoms with van der Waals surface area (Å²) in [4.78, 5) is 17.4. The fourth-order valence-corrected chi connectivity index (χ4v) is 3.83. The van der Waals surface area contributed by atoms with E-state index < -0.39 is 29.1 Å². The number of hydrogen-bond donors (Lipinski definition) is 2. The Balaban J connectivity index is 1.91. The van der Waals surface area contributed by atoms with Gasteiger partial charge in [0.1, 0.15) is 11.4 Å². The molecule has 0 radical (unpaired) electrons. The van der Waals surface area contributed by atoms with Crippen LogP contribution in [0.1, 0.15) is 28.3 Å². The lowest BCUT2D eigenvalue weighted by molar-refractivity contribution is -0.137. The summed E-state index contributed by atoms with van der Waals surface area (Å²) < 4.78 is 60.7. The first-order valence-electron chi connectivity index (χ1n) is 10.5. The average Bonchev–Trinajstić information content (AvgIpc) is 3.23. The van der Waals surface area contributed by atoms with Gasteiger partial charge in [-0.3, -0.25) is 10.3 Å². The molecule has 0 aliphatic rings. The number of carbonyl (C=O) groups excluding carboxylic acids is 1. The maximum atomic E-state index is 14.6. The van der Waals surface area contributed by atoms with Crippen LogP contribution in [0.3, 0.4) is 0 Å². The smallest absolute Gasteiger partial charge is 0.408 e. The molecule has 2 heterocycles. The summed E-state index contributed by atoms with van der Waals surface area (Å²) in [6.45, 7) is 1.51. The molecule has 0 saturated heterocycles. The number of halogens is 5. The summed E-state index contributed by atoms with van der Waals surface area (Å²) in [5.41, 5.74) is -2.44. The molecule has 2 aromatic heterocycles. The van der Waals surface area contributed by atoms with Gasteiger partial charge >= 0.3 is 18.2 Å². The van der Waals surface area contributed by atoms with E-state index in [2.05, 4.69) is 25.8 Å². The summed E-state index contributed by atoms with van der Waals surface area (Å²) in [7, 11) is 0. The summed E-state index contributed by atoms with van der Waals surface area (Å²) in [6, 6.07) is 12.5. The molecule has 12 heteroatoms. The number of alkyl halides is 3. The quantitative estimate of drug-likeness (QED) is 0.310. The van der Waals surface area contributed by atoms with Gasteiger partial charge in [0.05, 0.1) is 16.3 Å². The SMILES string of the molecule is Cc1nnc(NC(=O)N[C@](Cc2ccccc2)(c2cc(F)cc(C(F)(F)F)c2)c2ccc(Cl)cn2)o1. The number of aryl methyl sites for hydroxylation is 1. The molecule has 0 spiro atoms. The molecular formula is C24H18ClF4N5O2. The predicted molar refractivity (Wildman–Crippen MR) is 123 cm³/mol. The van der Waals surface area contributed by atoms with Gasteiger partial charge in [-0.2, -0.15) is 13.2 Å². The molecule has 0 saturated carbocycles. The van der Waals surface area contributed by atoms with E-state index in [-0.39, 0.29) is 34.6 Å². The van der Waals surface area contributed by atoms with Crippen molar-refractivity contribution in [2.75, 3.05) is 5.32 Å². The number of nitrogens with zero attached hydrogens (tertiary/aromatic N) is 3.